The number of nitrogens with zero attached hydrogens (tertiary/aromatic N) is 3. The van der Waals surface area contributed by atoms with Gasteiger partial charge >= 0.3 is 0 Å². The summed E-state index contributed by atoms with van der Waals surface area (Å²) in [5.41, 5.74) is 8.87. The van der Waals surface area contributed by atoms with Crippen LogP contribution in [0.3, 0.4) is 0 Å². The average molecular weight is 397 g/mol. The van der Waals surface area contributed by atoms with Gasteiger partial charge in [-0.05, 0) is 18.4 Å². The van der Waals surface area contributed by atoms with Crippen LogP contribution in [0.25, 0.3) is 11.3 Å². The van der Waals surface area contributed by atoms with E-state index in [1.807, 2.05) is 12.1 Å². The van der Waals surface area contributed by atoms with Crippen molar-refractivity contribution in [3.8, 4) is 11.3 Å². The minimum Gasteiger partial charge on any atom is -0.382 e. The highest BCUT2D eigenvalue weighted by molar-refractivity contribution is 5.97. The number of hydrogen-bond donors (Lipinski definition) is 2. The molecule has 0 bridgehead atoms. The maximum atomic E-state index is 12.6. The topological polar surface area (TPSA) is 103 Å². The number of nitrogen functional groups attached to an aromatic ring is 1. The first-order chi connectivity index (χ1) is 14.2. The summed E-state index contributed by atoms with van der Waals surface area (Å²) in [6.45, 7) is 5.70. The van der Waals surface area contributed by atoms with Gasteiger partial charge in [0.05, 0.1) is 25.1 Å². The largest absolute Gasteiger partial charge is 0.382 e. The molecule has 1 aromatic heterocycles. The van der Waals surface area contributed by atoms with E-state index in [1.54, 1.807) is 6.20 Å². The first-order valence-electron chi connectivity index (χ1n) is 10.1. The Bertz CT molecular complexity index is 831. The van der Waals surface area contributed by atoms with E-state index < -0.39 is 0 Å². The SMILES string of the molecule is Nc1ncc(-c2ccc(CN3CCOCC3)cc2)nc1C(=O)NC1CCOCC1. The van der Waals surface area contributed by atoms with Crippen LogP contribution in [0.2, 0.25) is 0 Å². The van der Waals surface area contributed by atoms with Gasteiger partial charge in [-0.2, -0.15) is 0 Å². The van der Waals surface area contributed by atoms with Crippen molar-refractivity contribution in [3.63, 3.8) is 0 Å². The molecule has 2 saturated heterocycles. The molecule has 1 amide bonds. The number of aromatic nitrogens is 2. The molecule has 0 unspecified atom stereocenters. The van der Waals surface area contributed by atoms with Gasteiger partial charge in [0, 0.05) is 44.5 Å². The fraction of sp³-hybridized carbons (Fsp3) is 0.476. The number of nitrogens with one attached hydrogen (secondary N) is 1. The van der Waals surface area contributed by atoms with Gasteiger partial charge in [-0.1, -0.05) is 24.3 Å². The number of anilines is 1. The van der Waals surface area contributed by atoms with Crippen LogP contribution in [0.1, 0.15) is 28.9 Å². The van der Waals surface area contributed by atoms with Crippen LogP contribution in [0.4, 0.5) is 5.82 Å². The lowest BCUT2D eigenvalue weighted by Gasteiger charge is -2.26. The van der Waals surface area contributed by atoms with Crippen molar-refractivity contribution in [2.24, 2.45) is 0 Å². The second kappa shape index (κ2) is 9.30. The zero-order valence-corrected chi connectivity index (χ0v) is 16.5. The molecular formula is C21H27N5O3. The third kappa shape index (κ3) is 5.09. The molecule has 0 atom stereocenters. The highest BCUT2D eigenvalue weighted by Gasteiger charge is 2.20. The number of rotatable bonds is 5. The molecule has 1 aromatic carbocycles. The van der Waals surface area contributed by atoms with Crippen molar-refractivity contribution in [2.75, 3.05) is 45.3 Å². The molecule has 0 aliphatic carbocycles. The number of amides is 1. The van der Waals surface area contributed by atoms with Gasteiger partial charge in [-0.15, -0.1) is 0 Å². The van der Waals surface area contributed by atoms with Crippen LogP contribution in [0.5, 0.6) is 0 Å². The van der Waals surface area contributed by atoms with E-state index in [-0.39, 0.29) is 23.5 Å². The van der Waals surface area contributed by atoms with Crippen molar-refractivity contribution in [2.45, 2.75) is 25.4 Å². The minimum atomic E-state index is -0.285. The van der Waals surface area contributed by atoms with E-state index >= 15 is 0 Å². The quantitative estimate of drug-likeness (QED) is 0.787. The Kier molecular flexibility index (Phi) is 6.33. The molecule has 2 aliphatic rings. The molecule has 2 fully saturated rings. The third-order valence-electron chi connectivity index (χ3n) is 5.33. The van der Waals surface area contributed by atoms with Gasteiger partial charge in [0.2, 0.25) is 0 Å². The number of morpholine rings is 1. The predicted molar refractivity (Wildman–Crippen MR) is 109 cm³/mol. The average Bonchev–Trinajstić information content (AvgIpc) is 2.76. The first-order valence-corrected chi connectivity index (χ1v) is 10.1. The highest BCUT2D eigenvalue weighted by atomic mass is 16.5. The Morgan fingerprint density at radius 1 is 1.10 bits per heavy atom. The van der Waals surface area contributed by atoms with Crippen molar-refractivity contribution < 1.29 is 14.3 Å². The number of benzene rings is 1. The van der Waals surface area contributed by atoms with Crippen molar-refractivity contribution in [3.05, 3.63) is 41.7 Å². The molecule has 0 saturated carbocycles. The van der Waals surface area contributed by atoms with Crippen LogP contribution < -0.4 is 11.1 Å². The molecule has 2 aromatic rings. The predicted octanol–water partition coefficient (Wildman–Crippen LogP) is 1.47. The lowest BCUT2D eigenvalue weighted by molar-refractivity contribution is 0.0342. The second-order valence-electron chi connectivity index (χ2n) is 7.43. The number of carbonyl (C=O) groups is 1. The summed E-state index contributed by atoms with van der Waals surface area (Å²) in [5, 5.41) is 2.99. The molecule has 154 valence electrons. The Labute approximate surface area is 170 Å². The van der Waals surface area contributed by atoms with Crippen LogP contribution in [-0.4, -0.2) is 66.3 Å². The zero-order valence-electron chi connectivity index (χ0n) is 16.5. The standard InChI is InChI=1S/C21H27N5O3/c22-20-19(21(27)24-17-5-9-28-10-6-17)25-18(13-23-20)16-3-1-15(2-4-16)14-26-7-11-29-12-8-26/h1-4,13,17H,5-12,14H2,(H2,22,23)(H,24,27). The lowest BCUT2D eigenvalue weighted by atomic mass is 10.1. The van der Waals surface area contributed by atoms with Crippen molar-refractivity contribution in [1.82, 2.24) is 20.2 Å². The summed E-state index contributed by atoms with van der Waals surface area (Å²) in [6.07, 6.45) is 3.20. The lowest BCUT2D eigenvalue weighted by Crippen LogP contribution is -2.39. The van der Waals surface area contributed by atoms with Crippen LogP contribution in [-0.2, 0) is 16.0 Å². The Morgan fingerprint density at radius 3 is 2.52 bits per heavy atom. The van der Waals surface area contributed by atoms with Crippen LogP contribution in [0.15, 0.2) is 30.5 Å². The molecule has 29 heavy (non-hydrogen) atoms. The number of ether oxygens (including phenoxy) is 2. The smallest absolute Gasteiger partial charge is 0.273 e. The Balaban J connectivity index is 1.45. The molecule has 3 N–H and O–H groups in total. The van der Waals surface area contributed by atoms with Crippen LogP contribution in [0, 0.1) is 0 Å². The fourth-order valence-corrected chi connectivity index (χ4v) is 3.60. The Hall–Kier alpha value is -2.55. The van der Waals surface area contributed by atoms with Gasteiger partial charge in [0.15, 0.2) is 11.5 Å². The molecule has 0 radical (unpaired) electrons. The van der Waals surface area contributed by atoms with Crippen molar-refractivity contribution in [1.29, 1.82) is 0 Å². The molecule has 8 nitrogen and oxygen atoms in total. The second-order valence-corrected chi connectivity index (χ2v) is 7.43. The highest BCUT2D eigenvalue weighted by Crippen LogP contribution is 2.20. The molecular weight excluding hydrogens is 370 g/mol. The van der Waals surface area contributed by atoms with E-state index in [1.165, 1.54) is 5.56 Å². The monoisotopic (exact) mass is 397 g/mol. The van der Waals surface area contributed by atoms with Crippen LogP contribution >= 0.6 is 0 Å². The number of carbonyl (C=O) groups excluding carboxylic acids is 1. The summed E-state index contributed by atoms with van der Waals surface area (Å²) in [5.74, 6) is -0.144. The van der Waals surface area contributed by atoms with Gasteiger partial charge < -0.3 is 20.5 Å². The van der Waals surface area contributed by atoms with Gasteiger partial charge in [-0.25, -0.2) is 9.97 Å². The van der Waals surface area contributed by atoms with E-state index in [2.05, 4.69) is 32.3 Å². The fourth-order valence-electron chi connectivity index (χ4n) is 3.60. The van der Waals surface area contributed by atoms with Crippen molar-refractivity contribution >= 4 is 11.7 Å². The van der Waals surface area contributed by atoms with E-state index in [0.29, 0.717) is 18.9 Å². The summed E-state index contributed by atoms with van der Waals surface area (Å²) in [6, 6.07) is 8.28. The maximum Gasteiger partial charge on any atom is 0.273 e. The molecule has 8 heteroatoms. The summed E-state index contributed by atoms with van der Waals surface area (Å²) >= 11 is 0. The number of hydrogen-bond acceptors (Lipinski definition) is 7. The Morgan fingerprint density at radius 2 is 1.79 bits per heavy atom. The minimum absolute atomic E-state index is 0.0839. The van der Waals surface area contributed by atoms with E-state index in [9.17, 15) is 4.79 Å². The summed E-state index contributed by atoms with van der Waals surface area (Å²) in [4.78, 5) is 23.7. The molecule has 3 heterocycles. The maximum absolute atomic E-state index is 12.6. The first kappa shape index (κ1) is 19.8. The molecule has 2 aliphatic heterocycles. The van der Waals surface area contributed by atoms with Gasteiger partial charge in [0.25, 0.3) is 5.91 Å². The number of nitrogens with two attached hydrogens (primary N) is 1. The van der Waals surface area contributed by atoms with E-state index in [4.69, 9.17) is 15.2 Å². The van der Waals surface area contributed by atoms with Gasteiger partial charge in [0.1, 0.15) is 0 Å². The summed E-state index contributed by atoms with van der Waals surface area (Å²) in [7, 11) is 0. The molecule has 4 rings (SSSR count). The normalized spacial score (nSPS) is 18.5. The molecule has 0 spiro atoms. The van der Waals surface area contributed by atoms with E-state index in [0.717, 1.165) is 51.3 Å². The summed E-state index contributed by atoms with van der Waals surface area (Å²) < 4.78 is 10.7. The van der Waals surface area contributed by atoms with Gasteiger partial charge in [-0.3, -0.25) is 9.69 Å². The zero-order chi connectivity index (χ0) is 20.1. The third-order valence-corrected chi connectivity index (χ3v) is 5.33.